The number of carbonyl (C=O) groups excluding carboxylic acids is 1. The number of carbonyl (C=O) groups is 1. The molecule has 204 valence electrons. The van der Waals surface area contributed by atoms with Gasteiger partial charge in [0.15, 0.2) is 5.78 Å². The van der Waals surface area contributed by atoms with Gasteiger partial charge in [0.25, 0.3) is 0 Å². The normalized spacial score (nSPS) is 11.0. The van der Waals surface area contributed by atoms with E-state index in [-0.39, 0.29) is 5.78 Å². The number of nitrogens with zero attached hydrogens (tertiary/aromatic N) is 2. The first-order valence-electron chi connectivity index (χ1n) is 13.0. The topological polar surface area (TPSA) is 42.9 Å². The van der Waals surface area contributed by atoms with Gasteiger partial charge in [-0.3, -0.25) is 4.79 Å². The van der Waals surface area contributed by atoms with Crippen molar-refractivity contribution in [2.75, 3.05) is 0 Å². The molecule has 0 N–H and O–H groups in total. The van der Waals surface area contributed by atoms with E-state index in [0.717, 1.165) is 31.5 Å². The Balaban J connectivity index is 1.58. The Kier molecular flexibility index (Phi) is 8.36. The monoisotopic (exact) mass is 712 g/mol. The van der Waals surface area contributed by atoms with Gasteiger partial charge in [0.05, 0.1) is 32.8 Å². The van der Waals surface area contributed by atoms with Crippen LogP contribution in [0.2, 0.25) is 10.0 Å². The van der Waals surface area contributed by atoms with Crippen LogP contribution in [-0.4, -0.2) is 15.8 Å². The van der Waals surface area contributed by atoms with Crippen molar-refractivity contribution in [1.29, 1.82) is 0 Å². The van der Waals surface area contributed by atoms with Crippen molar-refractivity contribution in [3.05, 3.63) is 151 Å². The summed E-state index contributed by atoms with van der Waals surface area (Å²) in [7, 11) is 0. The molecule has 7 heteroatoms. The van der Waals surface area contributed by atoms with Crippen molar-refractivity contribution in [3.8, 4) is 45.0 Å². The van der Waals surface area contributed by atoms with Gasteiger partial charge >= 0.3 is 0 Å². The number of hydrogen-bond donors (Lipinski definition) is 0. The molecule has 0 bridgehead atoms. The van der Waals surface area contributed by atoms with Gasteiger partial charge in [-0.05, 0) is 60.7 Å². The van der Waals surface area contributed by atoms with Crippen LogP contribution >= 0.6 is 55.1 Å². The number of benzene rings is 4. The van der Waals surface area contributed by atoms with Crippen LogP contribution < -0.4 is 0 Å². The lowest BCUT2D eigenvalue weighted by Gasteiger charge is -2.16. The second-order valence-corrected chi connectivity index (χ2v) is 12.1. The number of halogens is 4. The van der Waals surface area contributed by atoms with Crippen molar-refractivity contribution in [2.45, 2.75) is 0 Å². The third-order valence-electron chi connectivity index (χ3n) is 6.79. The van der Waals surface area contributed by atoms with E-state index in [0.29, 0.717) is 43.7 Å². The molecule has 0 aliphatic heterocycles. The molecular formula is C35H20Br2Cl2N2O. The molecule has 0 aliphatic carbocycles. The molecule has 0 fully saturated rings. The molecule has 0 spiro atoms. The smallest absolute Gasteiger partial charge is 0.197 e. The number of ketones is 1. The Morgan fingerprint density at radius 3 is 1.33 bits per heavy atom. The maximum Gasteiger partial charge on any atom is 0.197 e. The minimum atomic E-state index is -0.244. The van der Waals surface area contributed by atoms with Gasteiger partial charge in [-0.25, -0.2) is 9.97 Å². The van der Waals surface area contributed by atoms with Gasteiger partial charge in [0, 0.05) is 42.3 Å². The molecule has 0 unspecified atom stereocenters. The zero-order chi connectivity index (χ0) is 29.2. The quantitative estimate of drug-likeness (QED) is 0.161. The summed E-state index contributed by atoms with van der Waals surface area (Å²) in [5.74, 6) is -0.244. The molecule has 0 saturated heterocycles. The predicted molar refractivity (Wildman–Crippen MR) is 179 cm³/mol. The Morgan fingerprint density at radius 1 is 0.524 bits per heavy atom. The summed E-state index contributed by atoms with van der Waals surface area (Å²) in [6.45, 7) is 0. The maximum absolute atomic E-state index is 14.5. The SMILES string of the molecule is O=C(c1ccc(-c2ccccc2)nc1-c1cc(Br)ccc1Cl)c1ccc(-c2ccccc2)nc1-c1cc(Br)ccc1Cl. The molecule has 0 saturated carbocycles. The number of pyridine rings is 2. The Labute approximate surface area is 270 Å². The lowest BCUT2D eigenvalue weighted by Crippen LogP contribution is -2.09. The van der Waals surface area contributed by atoms with E-state index in [2.05, 4.69) is 31.9 Å². The molecular weight excluding hydrogens is 695 g/mol. The number of hydrogen-bond acceptors (Lipinski definition) is 3. The summed E-state index contributed by atoms with van der Waals surface area (Å²) in [4.78, 5) is 24.5. The van der Waals surface area contributed by atoms with Crippen molar-refractivity contribution >= 4 is 60.8 Å². The maximum atomic E-state index is 14.5. The van der Waals surface area contributed by atoms with Gasteiger partial charge in [-0.15, -0.1) is 0 Å². The van der Waals surface area contributed by atoms with E-state index in [1.807, 2.05) is 109 Å². The van der Waals surface area contributed by atoms with Crippen LogP contribution in [0.15, 0.2) is 130 Å². The van der Waals surface area contributed by atoms with E-state index in [9.17, 15) is 4.79 Å². The fourth-order valence-electron chi connectivity index (χ4n) is 4.74. The first-order valence-corrected chi connectivity index (χ1v) is 15.3. The van der Waals surface area contributed by atoms with Crippen molar-refractivity contribution < 1.29 is 4.79 Å². The summed E-state index contributed by atoms with van der Waals surface area (Å²) >= 11 is 20.5. The standard InChI is InChI=1S/C35H20Br2Cl2N2O/c36-23-11-15-29(38)27(19-23)33-25(13-17-31(40-33)21-7-3-1-4-8-21)35(42)26-14-18-32(22-9-5-2-6-10-22)41-34(26)28-20-24(37)12-16-30(28)39/h1-20H. The minimum absolute atomic E-state index is 0.244. The van der Waals surface area contributed by atoms with Crippen molar-refractivity contribution in [3.63, 3.8) is 0 Å². The van der Waals surface area contributed by atoms with Crippen molar-refractivity contribution in [1.82, 2.24) is 9.97 Å². The second kappa shape index (κ2) is 12.3. The highest BCUT2D eigenvalue weighted by Crippen LogP contribution is 2.38. The van der Waals surface area contributed by atoms with Crippen LogP contribution in [0.25, 0.3) is 45.0 Å². The number of rotatable bonds is 6. The van der Waals surface area contributed by atoms with Crippen molar-refractivity contribution in [2.24, 2.45) is 0 Å². The lowest BCUT2D eigenvalue weighted by atomic mass is 9.93. The average Bonchev–Trinajstić information content (AvgIpc) is 3.03. The molecule has 6 aromatic rings. The molecule has 6 rings (SSSR count). The molecule has 3 nitrogen and oxygen atoms in total. The van der Waals surface area contributed by atoms with Crippen LogP contribution in [0.3, 0.4) is 0 Å². The van der Waals surface area contributed by atoms with E-state index < -0.39 is 0 Å². The van der Waals surface area contributed by atoms with Gasteiger partial charge < -0.3 is 0 Å². The van der Waals surface area contributed by atoms with Crippen LogP contribution in [0, 0.1) is 0 Å². The first-order chi connectivity index (χ1) is 20.4. The molecule has 42 heavy (non-hydrogen) atoms. The van der Waals surface area contributed by atoms with E-state index in [1.54, 1.807) is 12.1 Å². The second-order valence-electron chi connectivity index (χ2n) is 9.49. The summed E-state index contributed by atoms with van der Waals surface area (Å²) in [5.41, 5.74) is 6.35. The zero-order valence-corrected chi connectivity index (χ0v) is 26.5. The summed E-state index contributed by atoms with van der Waals surface area (Å²) < 4.78 is 1.64. The fourth-order valence-corrected chi connectivity index (χ4v) is 5.87. The molecule has 0 atom stereocenters. The number of aromatic nitrogens is 2. The van der Waals surface area contributed by atoms with Crippen LogP contribution in [0.1, 0.15) is 15.9 Å². The molecule has 0 radical (unpaired) electrons. The highest BCUT2D eigenvalue weighted by Gasteiger charge is 2.24. The molecule has 4 aromatic carbocycles. The predicted octanol–water partition coefficient (Wildman–Crippen LogP) is 11.2. The summed E-state index contributed by atoms with van der Waals surface area (Å²) in [6, 6.07) is 38.0. The van der Waals surface area contributed by atoms with E-state index in [1.165, 1.54) is 0 Å². The van der Waals surface area contributed by atoms with Gasteiger partial charge in [-0.1, -0.05) is 116 Å². The van der Waals surface area contributed by atoms with Crippen LogP contribution in [-0.2, 0) is 0 Å². The molecule has 2 heterocycles. The van der Waals surface area contributed by atoms with Crippen LogP contribution in [0.4, 0.5) is 0 Å². The highest BCUT2D eigenvalue weighted by molar-refractivity contribution is 9.10. The Morgan fingerprint density at radius 2 is 0.929 bits per heavy atom. The zero-order valence-electron chi connectivity index (χ0n) is 21.9. The molecule has 0 amide bonds. The van der Waals surface area contributed by atoms with Gasteiger partial charge in [0.1, 0.15) is 0 Å². The molecule has 0 aliphatic rings. The minimum Gasteiger partial charge on any atom is -0.288 e. The summed E-state index contributed by atoms with van der Waals surface area (Å²) in [5, 5.41) is 0.968. The van der Waals surface area contributed by atoms with E-state index >= 15 is 0 Å². The third-order valence-corrected chi connectivity index (χ3v) is 8.43. The third kappa shape index (κ3) is 5.83. The lowest BCUT2D eigenvalue weighted by molar-refractivity contribution is 0.103. The first kappa shape index (κ1) is 28.5. The Hall–Kier alpha value is -3.61. The van der Waals surface area contributed by atoms with Crippen LogP contribution in [0.5, 0.6) is 0 Å². The fraction of sp³-hybridized carbons (Fsp3) is 0. The van der Waals surface area contributed by atoms with Gasteiger partial charge in [0.2, 0.25) is 0 Å². The molecule has 2 aromatic heterocycles. The van der Waals surface area contributed by atoms with E-state index in [4.69, 9.17) is 33.2 Å². The summed E-state index contributed by atoms with van der Waals surface area (Å²) in [6.07, 6.45) is 0. The average molecular weight is 715 g/mol. The highest BCUT2D eigenvalue weighted by atomic mass is 79.9. The van der Waals surface area contributed by atoms with Gasteiger partial charge in [-0.2, -0.15) is 0 Å². The Bertz CT molecular complexity index is 1810. The largest absolute Gasteiger partial charge is 0.288 e.